The molecule has 0 aliphatic carbocycles. The van der Waals surface area contributed by atoms with Crippen LogP contribution in [0.2, 0.25) is 0 Å². The number of amides is 1. The van der Waals surface area contributed by atoms with Gasteiger partial charge in [0.05, 0.1) is 31.0 Å². The van der Waals surface area contributed by atoms with Gasteiger partial charge in [0, 0.05) is 17.4 Å². The van der Waals surface area contributed by atoms with Crippen molar-refractivity contribution >= 4 is 27.3 Å². The third-order valence-corrected chi connectivity index (χ3v) is 8.58. The Kier molecular flexibility index (Phi) is 6.01. The molecule has 12 heteroatoms. The fourth-order valence-corrected chi connectivity index (χ4v) is 5.95. The third kappa shape index (κ3) is 4.20. The number of nitrogens with two attached hydrogens (primary N) is 1. The lowest BCUT2D eigenvalue weighted by Crippen LogP contribution is -2.55. The molecule has 1 amide bonds. The van der Waals surface area contributed by atoms with Crippen LogP contribution in [0.5, 0.6) is 5.88 Å². The van der Waals surface area contributed by atoms with E-state index in [9.17, 15) is 17.6 Å². The van der Waals surface area contributed by atoms with Crippen LogP contribution in [-0.4, -0.2) is 48.0 Å². The number of pyridine rings is 1. The van der Waals surface area contributed by atoms with E-state index in [-0.39, 0.29) is 34.4 Å². The van der Waals surface area contributed by atoms with E-state index in [4.69, 9.17) is 10.5 Å². The summed E-state index contributed by atoms with van der Waals surface area (Å²) in [6.45, 7) is 2.92. The molecular weight excluding hydrogens is 475 g/mol. The lowest BCUT2D eigenvalue weighted by Gasteiger charge is -2.39. The Morgan fingerprint density at radius 3 is 2.51 bits per heavy atom. The first-order valence-electron chi connectivity index (χ1n) is 10.5. The standard InChI is InChI=1S/C23H23FN6O4S/c1-22(13-35(32,33)23(2,21(25)30-22)18-6-4-5-9-26-18)15-10-14(7-8-16(15)24)29-20(31)17-11-28-19(34-3)12-27-17/h4-12H,13H2,1-3H3,(H2,25,30)(H,29,31)/t22-,23-/m0/s1. The number of benzene rings is 1. The van der Waals surface area contributed by atoms with Crippen LogP contribution in [-0.2, 0) is 20.1 Å². The smallest absolute Gasteiger partial charge is 0.275 e. The van der Waals surface area contributed by atoms with Crippen LogP contribution in [0.1, 0.15) is 35.6 Å². The predicted molar refractivity (Wildman–Crippen MR) is 127 cm³/mol. The van der Waals surface area contributed by atoms with Crippen molar-refractivity contribution in [1.82, 2.24) is 15.0 Å². The average molecular weight is 499 g/mol. The Hall–Kier alpha value is -3.93. The molecule has 35 heavy (non-hydrogen) atoms. The molecule has 2 atom stereocenters. The summed E-state index contributed by atoms with van der Waals surface area (Å²) in [7, 11) is -2.57. The maximum Gasteiger partial charge on any atom is 0.275 e. The Bertz CT molecular complexity index is 1420. The van der Waals surface area contributed by atoms with Gasteiger partial charge in [0.25, 0.3) is 5.91 Å². The number of sulfone groups is 1. The molecule has 0 spiro atoms. The van der Waals surface area contributed by atoms with Gasteiger partial charge in [0.2, 0.25) is 5.88 Å². The molecule has 3 aromatic rings. The molecule has 0 saturated heterocycles. The maximum absolute atomic E-state index is 15.0. The number of nitrogens with one attached hydrogen (secondary N) is 1. The van der Waals surface area contributed by atoms with Gasteiger partial charge in [-0.2, -0.15) is 0 Å². The van der Waals surface area contributed by atoms with Crippen LogP contribution in [0.3, 0.4) is 0 Å². The second-order valence-electron chi connectivity index (χ2n) is 8.37. The first-order valence-corrected chi connectivity index (χ1v) is 12.1. The number of carbonyl (C=O) groups excluding carboxylic acids is 1. The number of halogens is 1. The summed E-state index contributed by atoms with van der Waals surface area (Å²) in [5, 5.41) is 2.61. The van der Waals surface area contributed by atoms with Crippen LogP contribution in [0.25, 0.3) is 0 Å². The molecule has 1 aliphatic heterocycles. The molecule has 4 rings (SSSR count). The van der Waals surface area contributed by atoms with Gasteiger partial charge in [-0.15, -0.1) is 0 Å². The second kappa shape index (κ2) is 8.69. The highest BCUT2D eigenvalue weighted by atomic mass is 32.2. The van der Waals surface area contributed by atoms with Gasteiger partial charge < -0.3 is 15.8 Å². The molecule has 2 aromatic heterocycles. The van der Waals surface area contributed by atoms with Crippen molar-refractivity contribution in [2.45, 2.75) is 24.1 Å². The Labute approximate surface area is 201 Å². The molecule has 1 aliphatic rings. The number of hydrogen-bond donors (Lipinski definition) is 2. The summed E-state index contributed by atoms with van der Waals surface area (Å²) in [5.41, 5.74) is 5.09. The summed E-state index contributed by atoms with van der Waals surface area (Å²) < 4.78 is 45.2. The predicted octanol–water partition coefficient (Wildman–Crippen LogP) is 2.19. The van der Waals surface area contributed by atoms with Gasteiger partial charge in [0.15, 0.2) is 14.6 Å². The van der Waals surface area contributed by atoms with Crippen LogP contribution >= 0.6 is 0 Å². The number of anilines is 1. The number of hydrogen-bond acceptors (Lipinski definition) is 9. The van der Waals surface area contributed by atoms with Crippen molar-refractivity contribution in [3.8, 4) is 5.88 Å². The van der Waals surface area contributed by atoms with E-state index in [0.717, 1.165) is 6.07 Å². The number of aliphatic imine (C=N–C) groups is 1. The summed E-state index contributed by atoms with van der Waals surface area (Å²) in [4.78, 5) is 29.1. The third-order valence-electron chi connectivity index (χ3n) is 5.98. The van der Waals surface area contributed by atoms with E-state index >= 15 is 0 Å². The number of methoxy groups -OCH3 is 1. The molecule has 0 fully saturated rings. The molecular formula is C23H23FN6O4S. The molecule has 0 bridgehead atoms. The zero-order valence-corrected chi connectivity index (χ0v) is 20.0. The lowest BCUT2D eigenvalue weighted by atomic mass is 9.92. The van der Waals surface area contributed by atoms with Crippen LogP contribution in [0.4, 0.5) is 10.1 Å². The lowest BCUT2D eigenvalue weighted by molar-refractivity contribution is 0.102. The summed E-state index contributed by atoms with van der Waals surface area (Å²) >= 11 is 0. The zero-order valence-electron chi connectivity index (χ0n) is 19.2. The second-order valence-corrected chi connectivity index (χ2v) is 10.7. The topological polar surface area (TPSA) is 150 Å². The quantitative estimate of drug-likeness (QED) is 0.544. The van der Waals surface area contributed by atoms with Gasteiger partial charge in [-0.05, 0) is 44.2 Å². The van der Waals surface area contributed by atoms with Gasteiger partial charge in [-0.1, -0.05) is 6.07 Å². The number of ether oxygens (including phenoxy) is 1. The van der Waals surface area contributed by atoms with E-state index < -0.39 is 37.6 Å². The highest BCUT2D eigenvalue weighted by Crippen LogP contribution is 2.42. The molecule has 182 valence electrons. The van der Waals surface area contributed by atoms with E-state index in [2.05, 4.69) is 25.3 Å². The van der Waals surface area contributed by atoms with Crippen LogP contribution in [0.15, 0.2) is 60.0 Å². The van der Waals surface area contributed by atoms with Crippen molar-refractivity contribution in [1.29, 1.82) is 0 Å². The Balaban J connectivity index is 1.71. The van der Waals surface area contributed by atoms with Crippen LogP contribution < -0.4 is 15.8 Å². The minimum Gasteiger partial charge on any atom is -0.480 e. The van der Waals surface area contributed by atoms with Crippen molar-refractivity contribution in [3.63, 3.8) is 0 Å². The number of aromatic nitrogens is 3. The number of nitrogens with zero attached hydrogens (tertiary/aromatic N) is 4. The van der Waals surface area contributed by atoms with E-state index in [1.54, 1.807) is 18.2 Å². The molecule has 3 heterocycles. The molecule has 0 saturated carbocycles. The highest BCUT2D eigenvalue weighted by Gasteiger charge is 2.54. The fourth-order valence-electron chi connectivity index (χ4n) is 3.90. The van der Waals surface area contributed by atoms with Crippen molar-refractivity contribution in [3.05, 3.63) is 77.8 Å². The molecule has 10 nitrogen and oxygen atoms in total. The van der Waals surface area contributed by atoms with Gasteiger partial charge >= 0.3 is 0 Å². The minimum atomic E-state index is -3.99. The average Bonchev–Trinajstić information content (AvgIpc) is 2.83. The van der Waals surface area contributed by atoms with E-state index in [0.29, 0.717) is 0 Å². The number of amidine groups is 1. The Morgan fingerprint density at radius 2 is 1.91 bits per heavy atom. The van der Waals surface area contributed by atoms with Crippen molar-refractivity contribution in [2.75, 3.05) is 18.2 Å². The molecule has 0 radical (unpaired) electrons. The molecule has 1 aromatic carbocycles. The highest BCUT2D eigenvalue weighted by molar-refractivity contribution is 7.93. The first kappa shape index (κ1) is 24.2. The Morgan fingerprint density at radius 1 is 1.14 bits per heavy atom. The van der Waals surface area contributed by atoms with Gasteiger partial charge in [0.1, 0.15) is 22.9 Å². The summed E-state index contributed by atoms with van der Waals surface area (Å²) in [6, 6.07) is 8.68. The number of rotatable bonds is 5. The van der Waals surface area contributed by atoms with Gasteiger partial charge in [-0.3, -0.25) is 14.8 Å². The van der Waals surface area contributed by atoms with Crippen molar-refractivity contribution in [2.24, 2.45) is 10.7 Å². The fraction of sp³-hybridized carbons (Fsp3) is 0.261. The molecule has 3 N–H and O–H groups in total. The van der Waals surface area contributed by atoms with Crippen molar-refractivity contribution < 1.29 is 22.3 Å². The maximum atomic E-state index is 15.0. The van der Waals surface area contributed by atoms with Crippen LogP contribution in [0, 0.1) is 5.82 Å². The van der Waals surface area contributed by atoms with E-state index in [1.165, 1.54) is 51.7 Å². The zero-order chi connectivity index (χ0) is 25.4. The van der Waals surface area contributed by atoms with Gasteiger partial charge in [-0.25, -0.2) is 22.8 Å². The summed E-state index contributed by atoms with van der Waals surface area (Å²) in [6.07, 6.45) is 3.99. The SMILES string of the molecule is COc1cnc(C(=O)Nc2ccc(F)c([C@]3(C)CS(=O)(=O)[C@@](C)(c4ccccn4)C(N)=N3)c2)cn1. The normalized spacial score (nSPS) is 23.3. The number of carbonyl (C=O) groups is 1. The largest absolute Gasteiger partial charge is 0.480 e. The first-order chi connectivity index (χ1) is 16.5. The molecule has 0 unspecified atom stereocenters. The van der Waals surface area contributed by atoms with E-state index in [1.807, 2.05) is 0 Å². The monoisotopic (exact) mass is 498 g/mol. The minimum absolute atomic E-state index is 0.0107. The summed E-state index contributed by atoms with van der Waals surface area (Å²) in [5.74, 6) is -1.77.